The second-order valence-electron chi connectivity index (χ2n) is 6.19. The number of benzene rings is 1. The molecule has 1 aliphatic carbocycles. The standard InChI is InChI=1S/C19H24N4O3/c1-25-15-6-8-16(9-7-15)26-11-10-20-19(24)17-12-22-18(13-21-17)23-14-4-2-3-5-14/h6-9,12-14H,2-5,10-11H2,1H3,(H,20,24)(H,22,23). The highest BCUT2D eigenvalue weighted by molar-refractivity contribution is 5.91. The maximum absolute atomic E-state index is 12.1. The Morgan fingerprint density at radius 2 is 1.85 bits per heavy atom. The minimum absolute atomic E-state index is 0.261. The van der Waals surface area contributed by atoms with Crippen molar-refractivity contribution in [2.45, 2.75) is 31.7 Å². The molecular weight excluding hydrogens is 332 g/mol. The summed E-state index contributed by atoms with van der Waals surface area (Å²) in [5, 5.41) is 6.12. The Morgan fingerprint density at radius 3 is 2.50 bits per heavy atom. The SMILES string of the molecule is COc1ccc(OCCNC(=O)c2cnc(NC3CCCC3)cn2)cc1. The number of hydrogen-bond donors (Lipinski definition) is 2. The summed E-state index contributed by atoms with van der Waals surface area (Å²) in [4.78, 5) is 20.6. The number of nitrogens with one attached hydrogen (secondary N) is 2. The summed E-state index contributed by atoms with van der Waals surface area (Å²) in [7, 11) is 1.62. The molecule has 0 saturated heterocycles. The first-order chi connectivity index (χ1) is 12.7. The highest BCUT2D eigenvalue weighted by Crippen LogP contribution is 2.21. The first-order valence-corrected chi connectivity index (χ1v) is 8.88. The molecule has 0 unspecified atom stereocenters. The van der Waals surface area contributed by atoms with Crippen LogP contribution < -0.4 is 20.1 Å². The zero-order chi connectivity index (χ0) is 18.2. The number of aromatic nitrogens is 2. The molecule has 1 fully saturated rings. The van der Waals surface area contributed by atoms with Gasteiger partial charge in [0.1, 0.15) is 29.6 Å². The van der Waals surface area contributed by atoms with Crippen LogP contribution in [0.3, 0.4) is 0 Å². The van der Waals surface area contributed by atoms with E-state index in [4.69, 9.17) is 9.47 Å². The van der Waals surface area contributed by atoms with Crippen molar-refractivity contribution in [2.24, 2.45) is 0 Å². The molecule has 0 atom stereocenters. The molecule has 0 radical (unpaired) electrons. The van der Waals surface area contributed by atoms with Gasteiger partial charge in [-0.2, -0.15) is 0 Å². The fraction of sp³-hybridized carbons (Fsp3) is 0.421. The van der Waals surface area contributed by atoms with Crippen LogP contribution in [0.25, 0.3) is 0 Å². The number of rotatable bonds is 8. The molecule has 1 aliphatic rings. The van der Waals surface area contributed by atoms with Crippen molar-refractivity contribution < 1.29 is 14.3 Å². The van der Waals surface area contributed by atoms with Crippen LogP contribution in [0, 0.1) is 0 Å². The van der Waals surface area contributed by atoms with Crippen LogP contribution >= 0.6 is 0 Å². The Hall–Kier alpha value is -2.83. The number of ether oxygens (including phenoxy) is 2. The van der Waals surface area contributed by atoms with Gasteiger partial charge in [-0.1, -0.05) is 12.8 Å². The molecular formula is C19H24N4O3. The molecule has 26 heavy (non-hydrogen) atoms. The smallest absolute Gasteiger partial charge is 0.271 e. The minimum Gasteiger partial charge on any atom is -0.497 e. The van der Waals surface area contributed by atoms with E-state index in [1.807, 2.05) is 24.3 Å². The molecule has 0 bridgehead atoms. The second-order valence-corrected chi connectivity index (χ2v) is 6.19. The zero-order valence-electron chi connectivity index (χ0n) is 14.9. The molecule has 0 spiro atoms. The summed E-state index contributed by atoms with van der Waals surface area (Å²) in [5.74, 6) is 1.96. The highest BCUT2D eigenvalue weighted by Gasteiger charge is 2.15. The van der Waals surface area contributed by atoms with Crippen molar-refractivity contribution in [3.8, 4) is 11.5 Å². The van der Waals surface area contributed by atoms with Crippen molar-refractivity contribution in [2.75, 3.05) is 25.6 Å². The Labute approximate surface area is 153 Å². The van der Waals surface area contributed by atoms with Gasteiger partial charge >= 0.3 is 0 Å². The normalized spacial score (nSPS) is 14.0. The Balaban J connectivity index is 1.39. The summed E-state index contributed by atoms with van der Waals surface area (Å²) in [6.07, 6.45) is 7.95. The number of amides is 1. The van der Waals surface area contributed by atoms with Gasteiger partial charge in [0, 0.05) is 6.04 Å². The minimum atomic E-state index is -0.261. The van der Waals surface area contributed by atoms with E-state index in [2.05, 4.69) is 20.6 Å². The van der Waals surface area contributed by atoms with Crippen molar-refractivity contribution in [1.82, 2.24) is 15.3 Å². The van der Waals surface area contributed by atoms with Gasteiger partial charge in [-0.15, -0.1) is 0 Å². The maximum atomic E-state index is 12.1. The van der Waals surface area contributed by atoms with E-state index in [0.717, 1.165) is 30.2 Å². The predicted octanol–water partition coefficient (Wildman–Crippen LogP) is 2.65. The van der Waals surface area contributed by atoms with Gasteiger partial charge < -0.3 is 20.1 Å². The average Bonchev–Trinajstić information content (AvgIpc) is 3.19. The van der Waals surface area contributed by atoms with Crippen LogP contribution in [0.1, 0.15) is 36.2 Å². The summed E-state index contributed by atoms with van der Waals surface area (Å²) >= 11 is 0. The number of carbonyl (C=O) groups is 1. The molecule has 7 nitrogen and oxygen atoms in total. The lowest BCUT2D eigenvalue weighted by molar-refractivity contribution is 0.0941. The summed E-state index contributed by atoms with van der Waals surface area (Å²) in [5.41, 5.74) is 0.298. The van der Waals surface area contributed by atoms with Crippen LogP contribution in [0.4, 0.5) is 5.82 Å². The Bertz CT molecular complexity index is 698. The molecule has 2 aromatic rings. The number of hydrogen-bond acceptors (Lipinski definition) is 6. The van der Waals surface area contributed by atoms with E-state index >= 15 is 0 Å². The van der Waals surface area contributed by atoms with Gasteiger partial charge in [-0.05, 0) is 37.1 Å². The van der Waals surface area contributed by atoms with Gasteiger partial charge in [0.15, 0.2) is 0 Å². The number of carbonyl (C=O) groups excluding carboxylic acids is 1. The third-order valence-corrected chi connectivity index (χ3v) is 4.31. The van der Waals surface area contributed by atoms with E-state index in [0.29, 0.717) is 24.9 Å². The molecule has 0 aliphatic heterocycles. The Kier molecular flexibility index (Phi) is 6.24. The van der Waals surface area contributed by atoms with Crippen molar-refractivity contribution in [3.05, 3.63) is 42.4 Å². The van der Waals surface area contributed by atoms with E-state index in [1.165, 1.54) is 19.0 Å². The van der Waals surface area contributed by atoms with E-state index in [-0.39, 0.29) is 5.91 Å². The largest absolute Gasteiger partial charge is 0.497 e. The fourth-order valence-corrected chi connectivity index (χ4v) is 2.90. The second kappa shape index (κ2) is 9.03. The summed E-state index contributed by atoms with van der Waals surface area (Å²) in [6, 6.07) is 7.76. The Morgan fingerprint density at radius 1 is 1.12 bits per heavy atom. The molecule has 3 rings (SSSR count). The van der Waals surface area contributed by atoms with E-state index in [1.54, 1.807) is 13.3 Å². The number of anilines is 1. The quantitative estimate of drug-likeness (QED) is 0.707. The van der Waals surface area contributed by atoms with Crippen molar-refractivity contribution in [3.63, 3.8) is 0 Å². The third-order valence-electron chi connectivity index (χ3n) is 4.31. The summed E-state index contributed by atoms with van der Waals surface area (Å²) in [6.45, 7) is 0.751. The van der Waals surface area contributed by atoms with Crippen LogP contribution in [-0.2, 0) is 0 Å². The zero-order valence-corrected chi connectivity index (χ0v) is 14.9. The van der Waals surface area contributed by atoms with Gasteiger partial charge in [-0.3, -0.25) is 4.79 Å². The van der Waals surface area contributed by atoms with Crippen LogP contribution in [0.15, 0.2) is 36.7 Å². The average molecular weight is 356 g/mol. The molecule has 1 aromatic carbocycles. The molecule has 7 heteroatoms. The van der Waals surface area contributed by atoms with Gasteiger partial charge in [-0.25, -0.2) is 9.97 Å². The number of methoxy groups -OCH3 is 1. The molecule has 1 amide bonds. The van der Waals surface area contributed by atoms with Gasteiger partial charge in [0.2, 0.25) is 0 Å². The lowest BCUT2D eigenvalue weighted by Crippen LogP contribution is -2.29. The van der Waals surface area contributed by atoms with Crippen LogP contribution in [0.5, 0.6) is 11.5 Å². The predicted molar refractivity (Wildman–Crippen MR) is 98.7 cm³/mol. The third kappa shape index (κ3) is 5.08. The lowest BCUT2D eigenvalue weighted by Gasteiger charge is -2.12. The monoisotopic (exact) mass is 356 g/mol. The highest BCUT2D eigenvalue weighted by atomic mass is 16.5. The topological polar surface area (TPSA) is 85.4 Å². The summed E-state index contributed by atoms with van der Waals surface area (Å²) < 4.78 is 10.7. The molecule has 1 heterocycles. The molecule has 138 valence electrons. The van der Waals surface area contributed by atoms with Gasteiger partial charge in [0.05, 0.1) is 26.0 Å². The van der Waals surface area contributed by atoms with E-state index < -0.39 is 0 Å². The van der Waals surface area contributed by atoms with Gasteiger partial charge in [0.25, 0.3) is 5.91 Å². The van der Waals surface area contributed by atoms with E-state index in [9.17, 15) is 4.79 Å². The lowest BCUT2D eigenvalue weighted by atomic mass is 10.2. The first kappa shape index (κ1) is 18.0. The number of nitrogens with zero attached hydrogens (tertiary/aromatic N) is 2. The van der Waals surface area contributed by atoms with Crippen LogP contribution in [0.2, 0.25) is 0 Å². The molecule has 1 aromatic heterocycles. The fourth-order valence-electron chi connectivity index (χ4n) is 2.90. The maximum Gasteiger partial charge on any atom is 0.271 e. The molecule has 1 saturated carbocycles. The van der Waals surface area contributed by atoms with Crippen molar-refractivity contribution in [1.29, 1.82) is 0 Å². The van der Waals surface area contributed by atoms with Crippen LogP contribution in [-0.4, -0.2) is 42.2 Å². The van der Waals surface area contributed by atoms with Crippen molar-refractivity contribution >= 4 is 11.7 Å². The molecule has 2 N–H and O–H groups in total. The first-order valence-electron chi connectivity index (χ1n) is 8.88.